The van der Waals surface area contributed by atoms with Gasteiger partial charge in [0.05, 0.1) is 33.1 Å². The van der Waals surface area contributed by atoms with E-state index in [0.29, 0.717) is 17.6 Å². The van der Waals surface area contributed by atoms with E-state index in [0.717, 1.165) is 117 Å². The van der Waals surface area contributed by atoms with E-state index in [1.165, 1.54) is 0 Å². The highest BCUT2D eigenvalue weighted by molar-refractivity contribution is 6.13. The summed E-state index contributed by atoms with van der Waals surface area (Å²) in [5.74, 6) is 1.93. The Balaban J connectivity index is 0.992. The zero-order valence-corrected chi connectivity index (χ0v) is 45.6. The van der Waals surface area contributed by atoms with Crippen molar-refractivity contribution in [1.29, 1.82) is 0 Å². The lowest BCUT2D eigenvalue weighted by Gasteiger charge is -2.26. The summed E-state index contributed by atoms with van der Waals surface area (Å²) in [6.07, 6.45) is 0. The molecule has 8 heteroatoms. The smallest absolute Gasteiger partial charge is 0.238 e. The van der Waals surface area contributed by atoms with Crippen LogP contribution in [0.3, 0.4) is 0 Å². The van der Waals surface area contributed by atoms with Crippen LogP contribution in [0.15, 0.2) is 315 Å². The number of nitrogens with zero attached hydrogens (tertiary/aromatic N) is 8. The highest BCUT2D eigenvalue weighted by Gasteiger charge is 2.26. The maximum Gasteiger partial charge on any atom is 0.238 e. The number of rotatable bonds is 12. The first-order valence-corrected chi connectivity index (χ1v) is 28.4. The van der Waals surface area contributed by atoms with Crippen molar-refractivity contribution in [3.8, 4) is 17.5 Å². The van der Waals surface area contributed by atoms with Gasteiger partial charge >= 0.3 is 0 Å². The summed E-state index contributed by atoms with van der Waals surface area (Å²) >= 11 is 0. The lowest BCUT2D eigenvalue weighted by Crippen LogP contribution is -2.15. The van der Waals surface area contributed by atoms with Crippen molar-refractivity contribution in [3.63, 3.8) is 0 Å². The molecule has 0 aliphatic rings. The van der Waals surface area contributed by atoms with Gasteiger partial charge in [-0.1, -0.05) is 176 Å². The third-order valence-electron chi connectivity index (χ3n) is 16.2. The number of para-hydroxylation sites is 9. The third kappa shape index (κ3) is 8.15. The number of hydrogen-bond acceptors (Lipinski definition) is 5. The summed E-state index contributed by atoms with van der Waals surface area (Å²) in [4.78, 5) is 18.6. The highest BCUT2D eigenvalue weighted by atomic mass is 15.3. The molecule has 4 heterocycles. The molecule has 0 aliphatic carbocycles. The molecule has 0 saturated carbocycles. The zero-order valence-electron chi connectivity index (χ0n) is 45.6. The van der Waals surface area contributed by atoms with Crippen LogP contribution in [0.5, 0.6) is 0 Å². The molecule has 16 aromatic rings. The van der Waals surface area contributed by atoms with Crippen LogP contribution in [0, 0.1) is 0 Å². The summed E-state index contributed by atoms with van der Waals surface area (Å²) in [5.41, 5.74) is 15.5. The Bertz CT molecular complexity index is 4780. The fourth-order valence-electron chi connectivity index (χ4n) is 12.5. The Morgan fingerprint density at radius 3 is 1.05 bits per heavy atom. The molecule has 0 aliphatic heterocycles. The monoisotopic (exact) mass is 1080 g/mol. The van der Waals surface area contributed by atoms with E-state index in [4.69, 9.17) is 9.97 Å². The van der Waals surface area contributed by atoms with E-state index < -0.39 is 0 Å². The Morgan fingerprint density at radius 1 is 0.214 bits per heavy atom. The second-order valence-corrected chi connectivity index (χ2v) is 21.1. The largest absolute Gasteiger partial charge is 0.310 e. The van der Waals surface area contributed by atoms with E-state index in [-0.39, 0.29) is 0 Å². The van der Waals surface area contributed by atoms with Crippen molar-refractivity contribution in [3.05, 3.63) is 315 Å². The van der Waals surface area contributed by atoms with Crippen molar-refractivity contribution in [2.24, 2.45) is 0 Å². The molecule has 0 N–H and O–H groups in total. The minimum atomic E-state index is 0.525. The molecular formula is C76H52N8. The van der Waals surface area contributed by atoms with Gasteiger partial charge in [0.15, 0.2) is 0 Å². The molecule has 8 nitrogen and oxygen atoms in total. The van der Waals surface area contributed by atoms with Crippen molar-refractivity contribution >= 4 is 117 Å². The van der Waals surface area contributed by atoms with Gasteiger partial charge in [0, 0.05) is 89.6 Å². The van der Waals surface area contributed by atoms with Crippen LogP contribution in [-0.2, 0) is 0 Å². The lowest BCUT2D eigenvalue weighted by molar-refractivity contribution is 0.941. The fraction of sp³-hybridized carbons (Fsp3) is 0. The van der Waals surface area contributed by atoms with Gasteiger partial charge in [-0.15, -0.1) is 0 Å². The average molecular weight is 1080 g/mol. The quantitative estimate of drug-likeness (QED) is 0.122. The SMILES string of the molecule is c1ccc(N(c2ccccc2)c2ccc3c4ccccc4n(-c4cc(N(c5ccccc5)c5ccc6c(c5)c5ccccc5n6-c5ccccc5)nc(-n5c6ccccc6c6ccc(N(c7ccccc7)c7ccccc7)cc65)n4)c3c2)cc1. The predicted octanol–water partition coefficient (Wildman–Crippen LogP) is 20.2. The summed E-state index contributed by atoms with van der Waals surface area (Å²) in [7, 11) is 0. The lowest BCUT2D eigenvalue weighted by atomic mass is 10.1. The van der Waals surface area contributed by atoms with Crippen LogP contribution in [0.1, 0.15) is 0 Å². The van der Waals surface area contributed by atoms with Crippen LogP contribution >= 0.6 is 0 Å². The Kier molecular flexibility index (Phi) is 11.7. The number of hydrogen-bond donors (Lipinski definition) is 0. The van der Waals surface area contributed by atoms with Gasteiger partial charge in [-0.25, -0.2) is 0 Å². The van der Waals surface area contributed by atoms with E-state index >= 15 is 0 Å². The van der Waals surface area contributed by atoms with Crippen LogP contribution < -0.4 is 14.7 Å². The minimum absolute atomic E-state index is 0.525. The van der Waals surface area contributed by atoms with E-state index in [2.05, 4.69) is 344 Å². The van der Waals surface area contributed by atoms with Gasteiger partial charge in [-0.3, -0.25) is 14.0 Å². The van der Waals surface area contributed by atoms with Crippen molar-refractivity contribution in [2.75, 3.05) is 14.7 Å². The Labute approximate surface area is 485 Å². The van der Waals surface area contributed by atoms with Crippen LogP contribution in [0.25, 0.3) is 82.9 Å². The molecule has 12 aromatic carbocycles. The van der Waals surface area contributed by atoms with E-state index in [1.807, 2.05) is 0 Å². The Morgan fingerprint density at radius 2 is 0.560 bits per heavy atom. The molecule has 84 heavy (non-hydrogen) atoms. The molecule has 0 bridgehead atoms. The van der Waals surface area contributed by atoms with Gasteiger partial charge in [-0.05, 0) is 133 Å². The first-order valence-electron chi connectivity index (χ1n) is 28.4. The fourth-order valence-corrected chi connectivity index (χ4v) is 12.5. The Hall–Kier alpha value is -11.5. The number of benzene rings is 12. The maximum atomic E-state index is 5.86. The summed E-state index contributed by atoms with van der Waals surface area (Å²) in [6, 6.07) is 112. The summed E-state index contributed by atoms with van der Waals surface area (Å²) < 4.78 is 6.96. The topological polar surface area (TPSA) is 50.3 Å². The molecule has 0 saturated heterocycles. The molecule has 0 amide bonds. The van der Waals surface area contributed by atoms with Gasteiger partial charge < -0.3 is 14.4 Å². The van der Waals surface area contributed by atoms with Crippen LogP contribution in [0.2, 0.25) is 0 Å². The minimum Gasteiger partial charge on any atom is -0.310 e. The molecule has 0 fully saturated rings. The van der Waals surface area contributed by atoms with Crippen LogP contribution in [-0.4, -0.2) is 23.7 Å². The van der Waals surface area contributed by atoms with Crippen molar-refractivity contribution in [2.45, 2.75) is 0 Å². The van der Waals surface area contributed by atoms with Gasteiger partial charge in [-0.2, -0.15) is 9.97 Å². The molecular weight excluding hydrogens is 1020 g/mol. The van der Waals surface area contributed by atoms with Crippen molar-refractivity contribution < 1.29 is 0 Å². The van der Waals surface area contributed by atoms with Gasteiger partial charge in [0.2, 0.25) is 5.95 Å². The third-order valence-corrected chi connectivity index (χ3v) is 16.2. The standard InChI is InChI=1S/C76H52N8/c1-7-25-53(26-8-1)79(54-27-9-2-10-28-54)60-43-46-65-62-37-19-23-41-69(62)83(72(65)50-60)75-52-74(81(57-33-15-5-16-34-57)59-45-48-71-67(49-59)64-39-21-22-40-68(64)82(71)58-35-17-6-18-36-58)77-76(78-75)84-70-42-24-20-38-63(70)66-47-44-61(51-73(66)84)80(55-29-11-3-12-30-55)56-31-13-4-14-32-56/h1-52H. The van der Waals surface area contributed by atoms with Gasteiger partial charge in [0.25, 0.3) is 0 Å². The zero-order chi connectivity index (χ0) is 55.5. The van der Waals surface area contributed by atoms with Crippen molar-refractivity contribution in [1.82, 2.24) is 23.7 Å². The number of aromatic nitrogens is 5. The number of fused-ring (bicyclic) bond motifs is 9. The highest BCUT2D eigenvalue weighted by Crippen LogP contribution is 2.45. The number of anilines is 9. The van der Waals surface area contributed by atoms with Crippen LogP contribution in [0.4, 0.5) is 51.3 Å². The molecule has 0 radical (unpaired) electrons. The molecule has 0 spiro atoms. The molecule has 4 aromatic heterocycles. The van der Waals surface area contributed by atoms with E-state index in [1.54, 1.807) is 0 Å². The first-order chi connectivity index (χ1) is 41.7. The summed E-state index contributed by atoms with van der Waals surface area (Å²) in [6.45, 7) is 0. The average Bonchev–Trinajstić information content (AvgIpc) is 4.38. The predicted molar refractivity (Wildman–Crippen MR) is 349 cm³/mol. The normalized spacial score (nSPS) is 11.6. The molecule has 16 rings (SSSR count). The first kappa shape index (κ1) is 48.4. The van der Waals surface area contributed by atoms with E-state index in [9.17, 15) is 0 Å². The molecule has 0 unspecified atom stereocenters. The van der Waals surface area contributed by atoms with Gasteiger partial charge in [0.1, 0.15) is 11.6 Å². The maximum absolute atomic E-state index is 5.86. The summed E-state index contributed by atoms with van der Waals surface area (Å²) in [5, 5.41) is 6.72. The molecule has 0 atom stereocenters. The second kappa shape index (κ2) is 20.3. The second-order valence-electron chi connectivity index (χ2n) is 21.1. The molecule has 396 valence electrons.